The van der Waals surface area contributed by atoms with Crippen LogP contribution in [-0.2, 0) is 14.3 Å². The summed E-state index contributed by atoms with van der Waals surface area (Å²) >= 11 is 1.56. The van der Waals surface area contributed by atoms with E-state index in [1.807, 2.05) is 42.7 Å². The average Bonchev–Trinajstić information content (AvgIpc) is 3.61. The molecule has 33 heavy (non-hydrogen) atoms. The van der Waals surface area contributed by atoms with Crippen molar-refractivity contribution in [3.63, 3.8) is 0 Å². The maximum atomic E-state index is 13.1. The molecule has 1 unspecified atom stereocenters. The maximum absolute atomic E-state index is 13.1. The molecule has 8 heteroatoms. The smallest absolute Gasteiger partial charge is 0.407 e. The third-order valence-corrected chi connectivity index (χ3v) is 6.76. The number of benzene rings is 2. The van der Waals surface area contributed by atoms with Gasteiger partial charge in [-0.1, -0.05) is 48.5 Å². The van der Waals surface area contributed by atoms with Gasteiger partial charge in [-0.3, -0.25) is 9.59 Å². The number of carboxylic acid groups (broad SMARTS) is 1. The third kappa shape index (κ3) is 5.33. The summed E-state index contributed by atoms with van der Waals surface area (Å²) in [5, 5.41) is 11.9. The van der Waals surface area contributed by atoms with Gasteiger partial charge in [0.15, 0.2) is 0 Å². The van der Waals surface area contributed by atoms with Crippen LogP contribution in [0.5, 0.6) is 0 Å². The Morgan fingerprint density at radius 2 is 1.70 bits per heavy atom. The Hall–Kier alpha value is -3.00. The zero-order valence-electron chi connectivity index (χ0n) is 18.5. The molecule has 1 atom stereocenters. The van der Waals surface area contributed by atoms with Crippen LogP contribution in [0.1, 0.15) is 36.3 Å². The molecule has 4 rings (SSSR count). The molecule has 2 amide bonds. The molecule has 0 spiro atoms. The Kier molecular flexibility index (Phi) is 7.23. The summed E-state index contributed by atoms with van der Waals surface area (Å²) in [6, 6.07) is 15.3. The van der Waals surface area contributed by atoms with E-state index >= 15 is 0 Å². The summed E-state index contributed by atoms with van der Waals surface area (Å²) < 4.78 is 5.59. The standard InChI is InChI=1S/C25H28N2O5S/c1-33-13-12-22(24(30)27(14-23(28)29)16-10-11-16)26-25(31)32-15-21-19-8-4-2-6-17(19)18-7-3-5-9-20(18)21/h2-9,16,21-22H,10-15H2,1H3,(H,26,31)(H,28,29). The molecule has 0 saturated heterocycles. The van der Waals surface area contributed by atoms with Gasteiger partial charge in [-0.2, -0.15) is 11.8 Å². The zero-order valence-corrected chi connectivity index (χ0v) is 19.3. The van der Waals surface area contributed by atoms with Crippen LogP contribution in [0.3, 0.4) is 0 Å². The highest BCUT2D eigenvalue weighted by Gasteiger charge is 2.37. The van der Waals surface area contributed by atoms with E-state index in [-0.39, 0.29) is 31.0 Å². The lowest BCUT2D eigenvalue weighted by atomic mass is 9.98. The molecule has 0 heterocycles. The summed E-state index contributed by atoms with van der Waals surface area (Å²) in [6.45, 7) is -0.198. The van der Waals surface area contributed by atoms with Crippen LogP contribution in [-0.4, -0.2) is 65.2 Å². The van der Waals surface area contributed by atoms with Crippen LogP contribution < -0.4 is 5.32 Å². The topological polar surface area (TPSA) is 95.9 Å². The number of aliphatic carboxylic acids is 1. The highest BCUT2D eigenvalue weighted by molar-refractivity contribution is 7.98. The number of hydrogen-bond donors (Lipinski definition) is 2. The Bertz CT molecular complexity index is 993. The van der Waals surface area contributed by atoms with Gasteiger partial charge in [0.2, 0.25) is 5.91 Å². The number of carboxylic acids is 1. The molecule has 174 valence electrons. The predicted molar refractivity (Wildman–Crippen MR) is 127 cm³/mol. The SMILES string of the molecule is CSCCC(NC(=O)OCC1c2ccccc2-c2ccccc21)C(=O)N(CC(=O)O)C1CC1. The van der Waals surface area contributed by atoms with Crippen molar-refractivity contribution in [3.8, 4) is 11.1 Å². The van der Waals surface area contributed by atoms with E-state index in [9.17, 15) is 19.5 Å². The molecular formula is C25H28N2O5S. The molecule has 2 aromatic carbocycles. The van der Waals surface area contributed by atoms with Crippen molar-refractivity contribution in [3.05, 3.63) is 59.7 Å². The fourth-order valence-corrected chi connectivity index (χ4v) is 4.87. The van der Waals surface area contributed by atoms with Crippen LogP contribution >= 0.6 is 11.8 Å². The van der Waals surface area contributed by atoms with E-state index < -0.39 is 18.1 Å². The summed E-state index contributed by atoms with van der Waals surface area (Å²) in [6.07, 6.45) is 3.25. The lowest BCUT2D eigenvalue weighted by Crippen LogP contribution is -2.51. The molecule has 0 aromatic heterocycles. The van der Waals surface area contributed by atoms with Gasteiger partial charge in [0.1, 0.15) is 19.2 Å². The molecule has 0 aliphatic heterocycles. The first-order valence-electron chi connectivity index (χ1n) is 11.1. The number of alkyl carbamates (subject to hydrolysis) is 1. The molecule has 2 aliphatic rings. The van der Waals surface area contributed by atoms with E-state index in [0.29, 0.717) is 12.2 Å². The van der Waals surface area contributed by atoms with Crippen molar-refractivity contribution in [2.75, 3.05) is 25.2 Å². The second-order valence-corrected chi connectivity index (χ2v) is 9.38. The Morgan fingerprint density at radius 1 is 1.09 bits per heavy atom. The average molecular weight is 469 g/mol. The van der Waals surface area contributed by atoms with Crippen molar-refractivity contribution in [2.45, 2.75) is 37.3 Å². The van der Waals surface area contributed by atoms with Crippen LogP contribution in [0.15, 0.2) is 48.5 Å². The molecule has 0 bridgehead atoms. The van der Waals surface area contributed by atoms with E-state index in [0.717, 1.165) is 35.1 Å². The van der Waals surface area contributed by atoms with Crippen LogP contribution in [0.2, 0.25) is 0 Å². The van der Waals surface area contributed by atoms with E-state index in [1.165, 1.54) is 4.90 Å². The molecule has 1 fully saturated rings. The number of nitrogens with one attached hydrogen (secondary N) is 1. The second kappa shape index (κ2) is 10.3. The van der Waals surface area contributed by atoms with Gasteiger partial charge in [0.25, 0.3) is 0 Å². The predicted octanol–water partition coefficient (Wildman–Crippen LogP) is 3.72. The monoisotopic (exact) mass is 468 g/mol. The van der Waals surface area contributed by atoms with E-state index in [2.05, 4.69) is 17.4 Å². The normalized spacial score (nSPS) is 15.3. The summed E-state index contributed by atoms with van der Waals surface area (Å²) in [5.41, 5.74) is 4.51. The number of fused-ring (bicyclic) bond motifs is 3. The molecule has 2 N–H and O–H groups in total. The molecule has 7 nitrogen and oxygen atoms in total. The molecule has 2 aromatic rings. The Labute approximate surface area is 197 Å². The van der Waals surface area contributed by atoms with Crippen molar-refractivity contribution in [1.29, 1.82) is 0 Å². The number of carbonyl (C=O) groups excluding carboxylic acids is 2. The largest absolute Gasteiger partial charge is 0.480 e. The van der Waals surface area contributed by atoms with Crippen LogP contribution in [0.4, 0.5) is 4.79 Å². The minimum Gasteiger partial charge on any atom is -0.480 e. The summed E-state index contributed by atoms with van der Waals surface area (Å²) in [5.74, 6) is -0.827. The third-order valence-electron chi connectivity index (χ3n) is 6.12. The summed E-state index contributed by atoms with van der Waals surface area (Å²) in [4.78, 5) is 38.4. The quantitative estimate of drug-likeness (QED) is 0.552. The first-order valence-corrected chi connectivity index (χ1v) is 12.5. The number of thioether (sulfide) groups is 1. The highest BCUT2D eigenvalue weighted by atomic mass is 32.2. The first kappa shape index (κ1) is 23.2. The first-order chi connectivity index (χ1) is 16.0. The lowest BCUT2D eigenvalue weighted by molar-refractivity contribution is -0.145. The lowest BCUT2D eigenvalue weighted by Gasteiger charge is -2.26. The van der Waals surface area contributed by atoms with Gasteiger partial charge in [-0.05, 0) is 53.5 Å². The number of nitrogens with zero attached hydrogens (tertiary/aromatic N) is 1. The number of ether oxygens (including phenoxy) is 1. The highest BCUT2D eigenvalue weighted by Crippen LogP contribution is 2.44. The van der Waals surface area contributed by atoms with Crippen molar-refractivity contribution in [1.82, 2.24) is 10.2 Å². The Morgan fingerprint density at radius 3 is 2.24 bits per heavy atom. The Balaban J connectivity index is 1.43. The molecule has 0 radical (unpaired) electrons. The van der Waals surface area contributed by atoms with E-state index in [1.54, 1.807) is 11.8 Å². The van der Waals surface area contributed by atoms with Gasteiger partial charge < -0.3 is 20.1 Å². The molecular weight excluding hydrogens is 440 g/mol. The van der Waals surface area contributed by atoms with Gasteiger partial charge >= 0.3 is 12.1 Å². The van der Waals surface area contributed by atoms with E-state index in [4.69, 9.17) is 4.74 Å². The van der Waals surface area contributed by atoms with Crippen LogP contribution in [0, 0.1) is 0 Å². The number of amides is 2. The van der Waals surface area contributed by atoms with Gasteiger partial charge in [0, 0.05) is 12.0 Å². The molecule has 1 saturated carbocycles. The minimum absolute atomic E-state index is 0.0605. The van der Waals surface area contributed by atoms with Crippen molar-refractivity contribution >= 4 is 29.7 Å². The van der Waals surface area contributed by atoms with Crippen molar-refractivity contribution in [2.24, 2.45) is 0 Å². The maximum Gasteiger partial charge on any atom is 0.407 e. The number of rotatable bonds is 10. The van der Waals surface area contributed by atoms with Gasteiger partial charge in [-0.25, -0.2) is 4.79 Å². The minimum atomic E-state index is -1.06. The summed E-state index contributed by atoms with van der Waals surface area (Å²) in [7, 11) is 0. The number of carbonyl (C=O) groups is 3. The second-order valence-electron chi connectivity index (χ2n) is 8.39. The van der Waals surface area contributed by atoms with Gasteiger partial charge in [0.05, 0.1) is 0 Å². The zero-order chi connectivity index (χ0) is 23.4. The number of hydrogen-bond acceptors (Lipinski definition) is 5. The van der Waals surface area contributed by atoms with Crippen molar-refractivity contribution < 1.29 is 24.2 Å². The molecule has 2 aliphatic carbocycles. The van der Waals surface area contributed by atoms with Crippen LogP contribution in [0.25, 0.3) is 11.1 Å². The van der Waals surface area contributed by atoms with Gasteiger partial charge in [-0.15, -0.1) is 0 Å². The fourth-order valence-electron chi connectivity index (χ4n) is 4.39. The fraction of sp³-hybridized carbons (Fsp3) is 0.400.